The van der Waals surface area contributed by atoms with Gasteiger partial charge in [-0.25, -0.2) is 8.78 Å². The van der Waals surface area contributed by atoms with Crippen molar-refractivity contribution in [2.24, 2.45) is 0 Å². The number of hydrogen-bond acceptors (Lipinski definition) is 4. The lowest BCUT2D eigenvalue weighted by Crippen LogP contribution is -2.44. The third-order valence-corrected chi connectivity index (χ3v) is 7.03. The number of nitrogens with one attached hydrogen (secondary N) is 1. The van der Waals surface area contributed by atoms with Gasteiger partial charge < -0.3 is 19.9 Å². The molecular weight excluding hydrogens is 480 g/mol. The van der Waals surface area contributed by atoms with Crippen LogP contribution in [0, 0.1) is 18.6 Å². The Morgan fingerprint density at radius 1 is 1.23 bits per heavy atom. The van der Waals surface area contributed by atoms with Crippen LogP contribution in [0.25, 0.3) is 0 Å². The van der Waals surface area contributed by atoms with E-state index in [0.29, 0.717) is 24.1 Å². The van der Waals surface area contributed by atoms with Crippen molar-refractivity contribution in [1.29, 1.82) is 0 Å². The van der Waals surface area contributed by atoms with Gasteiger partial charge in [0.15, 0.2) is 11.4 Å². The number of hydrogen-bond donors (Lipinski definition) is 2. The summed E-state index contributed by atoms with van der Waals surface area (Å²) < 4.78 is 29.7. The number of aryl methyl sites for hydroxylation is 2. The van der Waals surface area contributed by atoms with Gasteiger partial charge in [-0.3, -0.25) is 14.4 Å². The van der Waals surface area contributed by atoms with Crippen LogP contribution in [0.1, 0.15) is 50.0 Å². The van der Waals surface area contributed by atoms with Crippen molar-refractivity contribution in [3.05, 3.63) is 91.4 Å². The molecule has 0 saturated carbocycles. The number of pyridine rings is 1. The molecule has 0 fully saturated rings. The standard InChI is InChI=1S/C25H20ClF2N3O4/c1-12-2-3-14(20(28)19(12)26)9-29-24(34)17-11-30-16-7-5-13-4-6-15(27)8-18(13)31(10-16)25(35)21(30)23(33)22(17)32/h2-4,6,8,11,16,33H,5,7,9-10H2,1H3,(H,29,34). The van der Waals surface area contributed by atoms with Crippen molar-refractivity contribution in [3.8, 4) is 5.75 Å². The van der Waals surface area contributed by atoms with Crippen LogP contribution in [0.15, 0.2) is 41.3 Å². The maximum Gasteiger partial charge on any atom is 0.279 e. The number of carbonyl (C=O) groups is 2. The zero-order chi connectivity index (χ0) is 25.0. The fourth-order valence-corrected chi connectivity index (χ4v) is 4.83. The summed E-state index contributed by atoms with van der Waals surface area (Å²) in [6, 6.07) is 6.93. The van der Waals surface area contributed by atoms with Crippen molar-refractivity contribution >= 4 is 29.1 Å². The first-order chi connectivity index (χ1) is 16.7. The molecule has 2 aromatic carbocycles. The molecule has 0 radical (unpaired) electrons. The number of fused-ring (bicyclic) bond motifs is 6. The average Bonchev–Trinajstić information content (AvgIpc) is 3.00. The molecule has 2 aliphatic rings. The Hall–Kier alpha value is -3.72. The lowest BCUT2D eigenvalue weighted by atomic mass is 10.0. The topological polar surface area (TPSA) is 91.6 Å². The minimum absolute atomic E-state index is 0.0550. The maximum atomic E-state index is 14.4. The lowest BCUT2D eigenvalue weighted by molar-refractivity contribution is 0.0929. The number of anilines is 1. The van der Waals surface area contributed by atoms with Gasteiger partial charge >= 0.3 is 0 Å². The number of carbonyl (C=O) groups excluding carboxylic acids is 2. The van der Waals surface area contributed by atoms with Crippen molar-refractivity contribution < 1.29 is 23.5 Å². The molecule has 0 spiro atoms. The van der Waals surface area contributed by atoms with E-state index in [-0.39, 0.29) is 41.0 Å². The van der Waals surface area contributed by atoms with Crippen LogP contribution in [0.4, 0.5) is 14.5 Å². The summed E-state index contributed by atoms with van der Waals surface area (Å²) in [6.07, 6.45) is 2.32. The van der Waals surface area contributed by atoms with Crippen LogP contribution in [-0.4, -0.2) is 28.0 Å². The van der Waals surface area contributed by atoms with Gasteiger partial charge in [-0.2, -0.15) is 0 Å². The minimum Gasteiger partial charge on any atom is -0.503 e. The van der Waals surface area contributed by atoms with Gasteiger partial charge in [0.2, 0.25) is 5.43 Å². The number of halogens is 3. The number of aromatic hydroxyl groups is 1. The van der Waals surface area contributed by atoms with Gasteiger partial charge in [0.05, 0.1) is 16.8 Å². The van der Waals surface area contributed by atoms with Crippen molar-refractivity contribution in [2.75, 3.05) is 11.4 Å². The average molecular weight is 500 g/mol. The van der Waals surface area contributed by atoms with Gasteiger partial charge in [-0.1, -0.05) is 29.8 Å². The Labute approximate surface area is 203 Å². The molecule has 0 saturated heterocycles. The van der Waals surface area contributed by atoms with Gasteiger partial charge in [0.25, 0.3) is 11.8 Å². The summed E-state index contributed by atoms with van der Waals surface area (Å²) in [4.78, 5) is 40.3. The van der Waals surface area contributed by atoms with E-state index < -0.39 is 34.6 Å². The first-order valence-corrected chi connectivity index (χ1v) is 11.3. The minimum atomic E-state index is -1.02. The SMILES string of the molecule is Cc1ccc(CNC(=O)c2cn3c(c(O)c2=O)C(=O)N2CC3CCc3ccc(F)cc32)c(F)c1Cl. The second-order valence-corrected chi connectivity index (χ2v) is 9.09. The van der Waals surface area contributed by atoms with Crippen LogP contribution in [0.3, 0.4) is 0 Å². The molecular formula is C25H20ClF2N3O4. The normalized spacial score (nSPS) is 16.4. The largest absolute Gasteiger partial charge is 0.503 e. The zero-order valence-corrected chi connectivity index (χ0v) is 19.3. The number of benzene rings is 2. The number of nitrogens with zero attached hydrogens (tertiary/aromatic N) is 2. The Morgan fingerprint density at radius 3 is 2.77 bits per heavy atom. The number of amides is 2. The number of rotatable bonds is 3. The Morgan fingerprint density at radius 2 is 2.00 bits per heavy atom. The van der Waals surface area contributed by atoms with Crippen LogP contribution in [0.2, 0.25) is 5.02 Å². The fraction of sp³-hybridized carbons (Fsp3) is 0.240. The van der Waals surface area contributed by atoms with E-state index in [1.165, 1.54) is 33.9 Å². The zero-order valence-electron chi connectivity index (χ0n) is 18.6. The molecule has 10 heteroatoms. The maximum absolute atomic E-state index is 14.4. The predicted octanol–water partition coefficient (Wildman–Crippen LogP) is 3.87. The molecule has 0 aliphatic carbocycles. The second-order valence-electron chi connectivity index (χ2n) is 8.71. The van der Waals surface area contributed by atoms with E-state index in [0.717, 1.165) is 5.56 Å². The summed E-state index contributed by atoms with van der Waals surface area (Å²) in [5.41, 5.74) is 0.199. The monoisotopic (exact) mass is 499 g/mol. The first kappa shape index (κ1) is 23.0. The third-order valence-electron chi connectivity index (χ3n) is 6.57. The van der Waals surface area contributed by atoms with E-state index >= 15 is 0 Å². The fourth-order valence-electron chi connectivity index (χ4n) is 4.64. The summed E-state index contributed by atoms with van der Waals surface area (Å²) in [6.45, 7) is 1.61. The highest BCUT2D eigenvalue weighted by Gasteiger charge is 2.38. The van der Waals surface area contributed by atoms with Gasteiger partial charge in [0, 0.05) is 24.8 Å². The molecule has 3 heterocycles. The molecule has 5 rings (SSSR count). The summed E-state index contributed by atoms with van der Waals surface area (Å²) in [5.74, 6) is -3.52. The molecule has 2 amide bonds. The van der Waals surface area contributed by atoms with Crippen molar-refractivity contribution in [3.63, 3.8) is 0 Å². The van der Waals surface area contributed by atoms with Crippen molar-refractivity contribution in [2.45, 2.75) is 32.4 Å². The van der Waals surface area contributed by atoms with E-state index in [1.54, 1.807) is 19.1 Å². The molecule has 1 unspecified atom stereocenters. The van der Waals surface area contributed by atoms with E-state index in [4.69, 9.17) is 11.6 Å². The molecule has 2 aliphatic heterocycles. The Bertz CT molecular complexity index is 1470. The lowest BCUT2D eigenvalue weighted by Gasteiger charge is -2.35. The van der Waals surface area contributed by atoms with E-state index in [9.17, 15) is 28.3 Å². The quantitative estimate of drug-likeness (QED) is 0.572. The summed E-state index contributed by atoms with van der Waals surface area (Å²) in [7, 11) is 0. The molecule has 2 N–H and O–H groups in total. The van der Waals surface area contributed by atoms with Gasteiger partial charge in [-0.05, 0) is 43.0 Å². The Balaban J connectivity index is 1.50. The number of aromatic nitrogens is 1. The van der Waals surface area contributed by atoms with Crippen LogP contribution < -0.4 is 15.6 Å². The van der Waals surface area contributed by atoms with Crippen LogP contribution in [0.5, 0.6) is 5.75 Å². The second kappa shape index (κ2) is 8.49. The van der Waals surface area contributed by atoms with Crippen LogP contribution in [-0.2, 0) is 13.0 Å². The molecule has 1 aromatic heterocycles. The molecule has 35 heavy (non-hydrogen) atoms. The summed E-state index contributed by atoms with van der Waals surface area (Å²) >= 11 is 5.93. The molecule has 1 atom stereocenters. The molecule has 7 nitrogen and oxygen atoms in total. The van der Waals surface area contributed by atoms with Gasteiger partial charge in [0.1, 0.15) is 17.2 Å². The first-order valence-electron chi connectivity index (χ1n) is 11.0. The van der Waals surface area contributed by atoms with Crippen LogP contribution >= 0.6 is 11.6 Å². The smallest absolute Gasteiger partial charge is 0.279 e. The Kier molecular flexibility index (Phi) is 5.59. The highest BCUT2D eigenvalue weighted by atomic mass is 35.5. The predicted molar refractivity (Wildman–Crippen MR) is 125 cm³/mol. The highest BCUT2D eigenvalue weighted by Crippen LogP contribution is 2.37. The van der Waals surface area contributed by atoms with Crippen molar-refractivity contribution in [1.82, 2.24) is 9.88 Å². The molecule has 180 valence electrons. The molecule has 3 aromatic rings. The molecule has 2 bridgehead atoms. The highest BCUT2D eigenvalue weighted by molar-refractivity contribution is 6.31. The summed E-state index contributed by atoms with van der Waals surface area (Å²) in [5, 5.41) is 13.1. The third kappa shape index (κ3) is 3.76. The van der Waals surface area contributed by atoms with E-state index in [2.05, 4.69) is 5.32 Å². The van der Waals surface area contributed by atoms with E-state index in [1.807, 2.05) is 0 Å². The van der Waals surface area contributed by atoms with Gasteiger partial charge in [-0.15, -0.1) is 0 Å².